The first-order valence-corrected chi connectivity index (χ1v) is 25.8. The Morgan fingerprint density at radius 1 is 0.362 bits per heavy atom. The summed E-state index contributed by atoms with van der Waals surface area (Å²) >= 11 is 0. The molecule has 0 N–H and O–H groups in total. The first-order chi connectivity index (χ1) is 28.3. The van der Waals surface area contributed by atoms with E-state index in [1.165, 1.54) is 173 Å². The predicted molar refractivity (Wildman–Crippen MR) is 247 cm³/mol. The van der Waals surface area contributed by atoms with Gasteiger partial charge in [-0.1, -0.05) is 247 Å². The molecule has 0 heterocycles. The molecule has 58 heavy (non-hydrogen) atoms. The lowest BCUT2D eigenvalue weighted by molar-refractivity contribution is -0.167. The van der Waals surface area contributed by atoms with Crippen LogP contribution in [0.25, 0.3) is 0 Å². The van der Waals surface area contributed by atoms with Crippen molar-refractivity contribution in [2.24, 2.45) is 11.8 Å². The fourth-order valence-corrected chi connectivity index (χ4v) is 7.78. The summed E-state index contributed by atoms with van der Waals surface area (Å²) in [6.45, 7) is 11.3. The molecule has 0 fully saturated rings. The van der Waals surface area contributed by atoms with Crippen LogP contribution in [0.3, 0.4) is 0 Å². The zero-order valence-electron chi connectivity index (χ0n) is 39.7. The van der Waals surface area contributed by atoms with Gasteiger partial charge < -0.3 is 14.2 Å². The fraction of sp³-hybridized carbons (Fsp3) is 0.942. The third-order valence-corrected chi connectivity index (χ3v) is 12.1. The lowest BCUT2D eigenvalue weighted by Crippen LogP contribution is -2.30. The summed E-state index contributed by atoms with van der Waals surface area (Å²) in [5.74, 6) is 0.818. The van der Waals surface area contributed by atoms with Gasteiger partial charge in [-0.3, -0.25) is 14.4 Å². The van der Waals surface area contributed by atoms with E-state index < -0.39 is 6.10 Å². The van der Waals surface area contributed by atoms with Crippen molar-refractivity contribution in [2.45, 2.75) is 291 Å². The number of carbonyl (C=O) groups excluding carboxylic acids is 3. The first-order valence-electron chi connectivity index (χ1n) is 25.8. The van der Waals surface area contributed by atoms with Gasteiger partial charge in [0.15, 0.2) is 6.10 Å². The molecular weight excluding hydrogens is 721 g/mol. The maximum absolute atomic E-state index is 12.7. The second-order valence-electron chi connectivity index (χ2n) is 18.5. The maximum Gasteiger partial charge on any atom is 0.306 e. The third kappa shape index (κ3) is 44.0. The van der Waals surface area contributed by atoms with Crippen molar-refractivity contribution in [1.29, 1.82) is 0 Å². The van der Waals surface area contributed by atoms with Crippen LogP contribution in [0.1, 0.15) is 285 Å². The van der Waals surface area contributed by atoms with Gasteiger partial charge in [0.05, 0.1) is 0 Å². The molecule has 344 valence electrons. The molecule has 0 bridgehead atoms. The van der Waals surface area contributed by atoms with E-state index >= 15 is 0 Å². The Hall–Kier alpha value is -1.59. The zero-order valence-corrected chi connectivity index (χ0v) is 39.7. The summed E-state index contributed by atoms with van der Waals surface area (Å²) in [5, 5.41) is 0. The van der Waals surface area contributed by atoms with E-state index in [2.05, 4.69) is 34.6 Å². The summed E-state index contributed by atoms with van der Waals surface area (Å²) in [6.07, 6.45) is 45.3. The summed E-state index contributed by atoms with van der Waals surface area (Å²) in [5.41, 5.74) is 0. The molecule has 0 aliphatic heterocycles. The number of esters is 3. The molecule has 1 unspecified atom stereocenters. The molecule has 2 atom stereocenters. The van der Waals surface area contributed by atoms with E-state index in [1.807, 2.05) is 0 Å². The molecule has 0 aromatic rings. The summed E-state index contributed by atoms with van der Waals surface area (Å²) in [4.78, 5) is 37.8. The Morgan fingerprint density at radius 3 is 0.983 bits per heavy atom. The molecule has 0 saturated carbocycles. The Balaban J connectivity index is 4.15. The molecule has 6 heteroatoms. The van der Waals surface area contributed by atoms with Crippen LogP contribution >= 0.6 is 0 Å². The fourth-order valence-electron chi connectivity index (χ4n) is 7.78. The highest BCUT2D eigenvalue weighted by molar-refractivity contribution is 5.71. The van der Waals surface area contributed by atoms with Gasteiger partial charge in [0.1, 0.15) is 13.2 Å². The highest BCUT2D eigenvalue weighted by Gasteiger charge is 2.19. The van der Waals surface area contributed by atoms with Gasteiger partial charge in [0.2, 0.25) is 0 Å². The topological polar surface area (TPSA) is 78.9 Å². The van der Waals surface area contributed by atoms with Crippen molar-refractivity contribution in [3.05, 3.63) is 0 Å². The summed E-state index contributed by atoms with van der Waals surface area (Å²) < 4.78 is 16.7. The minimum Gasteiger partial charge on any atom is -0.462 e. The number of hydrogen-bond donors (Lipinski definition) is 0. The van der Waals surface area contributed by atoms with Gasteiger partial charge in [-0.05, 0) is 31.1 Å². The van der Waals surface area contributed by atoms with Crippen molar-refractivity contribution in [2.75, 3.05) is 13.2 Å². The lowest BCUT2D eigenvalue weighted by Gasteiger charge is -2.18. The average Bonchev–Trinajstić information content (AvgIpc) is 3.21. The number of hydrogen-bond acceptors (Lipinski definition) is 6. The van der Waals surface area contributed by atoms with Crippen LogP contribution in [0.15, 0.2) is 0 Å². The van der Waals surface area contributed by atoms with Crippen LogP contribution in [0.5, 0.6) is 0 Å². The lowest BCUT2D eigenvalue weighted by atomic mass is 10.00. The molecule has 6 nitrogen and oxygen atoms in total. The SMILES string of the molecule is CCCCCCCCCCCC(=O)O[C@H](COC(=O)CCCCCCCCCCCCCCCCCCCCC(C)C)COC(=O)CCCCCCCCC(C)CC. The second kappa shape index (κ2) is 44.9. The Kier molecular flexibility index (Phi) is 43.7. The van der Waals surface area contributed by atoms with Gasteiger partial charge in [0.25, 0.3) is 0 Å². The summed E-state index contributed by atoms with van der Waals surface area (Å²) in [7, 11) is 0. The zero-order chi connectivity index (χ0) is 42.6. The van der Waals surface area contributed by atoms with Crippen LogP contribution in [0.4, 0.5) is 0 Å². The van der Waals surface area contributed by atoms with Crippen LogP contribution in [0.2, 0.25) is 0 Å². The average molecular weight is 821 g/mol. The number of unbranched alkanes of at least 4 members (excludes halogenated alkanes) is 30. The van der Waals surface area contributed by atoms with E-state index in [9.17, 15) is 14.4 Å². The molecule has 0 aliphatic carbocycles. The summed E-state index contributed by atoms with van der Waals surface area (Å²) in [6, 6.07) is 0. The molecule has 0 amide bonds. The van der Waals surface area contributed by atoms with E-state index in [1.54, 1.807) is 0 Å². The largest absolute Gasteiger partial charge is 0.462 e. The van der Waals surface area contributed by atoms with Crippen molar-refractivity contribution in [3.63, 3.8) is 0 Å². The standard InChI is InChI=1S/C52H100O6/c1-6-8-9-10-11-22-27-34-39-44-52(55)58-49(46-57-51(54)43-38-33-29-28-31-36-41-48(5)7-2)45-56-50(53)42-37-32-26-24-21-19-17-15-13-12-14-16-18-20-23-25-30-35-40-47(3)4/h47-49H,6-46H2,1-5H3/t48?,49-/m1/s1. The molecule has 0 aromatic heterocycles. The van der Waals surface area contributed by atoms with Crippen LogP contribution < -0.4 is 0 Å². The molecule has 0 aromatic carbocycles. The minimum absolute atomic E-state index is 0.0645. The van der Waals surface area contributed by atoms with Gasteiger partial charge in [0, 0.05) is 19.3 Å². The van der Waals surface area contributed by atoms with Crippen molar-refractivity contribution >= 4 is 17.9 Å². The molecule has 0 spiro atoms. The van der Waals surface area contributed by atoms with Crippen molar-refractivity contribution < 1.29 is 28.6 Å². The smallest absolute Gasteiger partial charge is 0.306 e. The Morgan fingerprint density at radius 2 is 0.655 bits per heavy atom. The van der Waals surface area contributed by atoms with Gasteiger partial charge in [-0.2, -0.15) is 0 Å². The molecular formula is C52H100O6. The monoisotopic (exact) mass is 821 g/mol. The number of rotatable bonds is 46. The van der Waals surface area contributed by atoms with Crippen LogP contribution in [0, 0.1) is 11.8 Å². The van der Waals surface area contributed by atoms with E-state index in [4.69, 9.17) is 14.2 Å². The first kappa shape index (κ1) is 56.4. The maximum atomic E-state index is 12.7. The quantitative estimate of drug-likeness (QED) is 0.0346. The highest BCUT2D eigenvalue weighted by atomic mass is 16.6. The molecule has 0 aliphatic rings. The van der Waals surface area contributed by atoms with Crippen LogP contribution in [-0.4, -0.2) is 37.2 Å². The van der Waals surface area contributed by atoms with Crippen molar-refractivity contribution in [3.8, 4) is 0 Å². The van der Waals surface area contributed by atoms with E-state index in [0.29, 0.717) is 19.3 Å². The van der Waals surface area contributed by atoms with E-state index in [0.717, 1.165) is 69.6 Å². The normalized spacial score (nSPS) is 12.5. The van der Waals surface area contributed by atoms with Crippen LogP contribution in [-0.2, 0) is 28.6 Å². The molecule has 0 saturated heterocycles. The number of ether oxygens (including phenoxy) is 3. The molecule has 0 radical (unpaired) electrons. The Bertz CT molecular complexity index is 887. The third-order valence-electron chi connectivity index (χ3n) is 12.1. The molecule has 0 rings (SSSR count). The Labute approximate surface area is 361 Å². The van der Waals surface area contributed by atoms with Gasteiger partial charge in [-0.15, -0.1) is 0 Å². The minimum atomic E-state index is -0.761. The predicted octanol–water partition coefficient (Wildman–Crippen LogP) is 16.5. The van der Waals surface area contributed by atoms with E-state index in [-0.39, 0.29) is 31.1 Å². The highest BCUT2D eigenvalue weighted by Crippen LogP contribution is 2.18. The van der Waals surface area contributed by atoms with Gasteiger partial charge >= 0.3 is 17.9 Å². The van der Waals surface area contributed by atoms with Gasteiger partial charge in [-0.25, -0.2) is 0 Å². The second-order valence-corrected chi connectivity index (χ2v) is 18.5. The number of carbonyl (C=O) groups is 3. The van der Waals surface area contributed by atoms with Crippen molar-refractivity contribution in [1.82, 2.24) is 0 Å².